The molecule has 2 aliphatic carbocycles. The number of nitrogens with zero attached hydrogens (tertiary/aromatic N) is 5. The van der Waals surface area contributed by atoms with Gasteiger partial charge in [0.05, 0.1) is 11.3 Å². The average Bonchev–Trinajstić information content (AvgIpc) is 3.22. The predicted molar refractivity (Wildman–Crippen MR) is 128 cm³/mol. The van der Waals surface area contributed by atoms with E-state index in [0.717, 1.165) is 47.5 Å². The van der Waals surface area contributed by atoms with Gasteiger partial charge in [-0.05, 0) is 74.6 Å². The van der Waals surface area contributed by atoms with Crippen LogP contribution in [0.25, 0.3) is 27.9 Å². The van der Waals surface area contributed by atoms with Crippen molar-refractivity contribution in [3.63, 3.8) is 0 Å². The summed E-state index contributed by atoms with van der Waals surface area (Å²) < 4.78 is 19.2. The number of carbonyl (C=O) groups is 1. The molecule has 4 aromatic heterocycles. The molecular weight excluding hydrogens is 429 g/mol. The number of fused-ring (bicyclic) bond motifs is 4. The van der Waals surface area contributed by atoms with E-state index in [-0.39, 0.29) is 11.9 Å². The number of rotatable bonds is 4. The van der Waals surface area contributed by atoms with Crippen LogP contribution in [-0.2, 0) is 6.54 Å². The molecule has 6 nitrogen and oxygen atoms in total. The SMILES string of the molecule is Cc1c(-c2cc3cccnc3n2CC2CC2)nn2cc(C(=O)N3CC4CCC3C4C)cc(F)c12. The largest absolute Gasteiger partial charge is 0.335 e. The molecule has 3 fully saturated rings. The summed E-state index contributed by atoms with van der Waals surface area (Å²) in [6.45, 7) is 5.82. The van der Waals surface area contributed by atoms with Crippen molar-refractivity contribution in [1.29, 1.82) is 0 Å². The van der Waals surface area contributed by atoms with E-state index in [2.05, 4.69) is 28.6 Å². The molecule has 3 aliphatic rings. The number of hydrogen-bond donors (Lipinski definition) is 0. The Morgan fingerprint density at radius 1 is 1.21 bits per heavy atom. The number of aryl methyl sites for hydroxylation is 1. The highest BCUT2D eigenvalue weighted by atomic mass is 19.1. The Balaban J connectivity index is 1.33. The molecule has 3 atom stereocenters. The number of amides is 1. The van der Waals surface area contributed by atoms with Crippen molar-refractivity contribution >= 4 is 22.5 Å². The Kier molecular flexibility index (Phi) is 4.24. The Hall–Kier alpha value is -3.22. The van der Waals surface area contributed by atoms with Gasteiger partial charge in [0.15, 0.2) is 0 Å². The number of piperidine rings is 1. The van der Waals surface area contributed by atoms with E-state index in [1.165, 1.54) is 25.3 Å². The molecule has 34 heavy (non-hydrogen) atoms. The van der Waals surface area contributed by atoms with Crippen molar-refractivity contribution in [2.75, 3.05) is 6.54 Å². The van der Waals surface area contributed by atoms with Gasteiger partial charge < -0.3 is 9.47 Å². The normalized spacial score (nSPS) is 24.1. The van der Waals surface area contributed by atoms with E-state index in [1.54, 1.807) is 10.7 Å². The summed E-state index contributed by atoms with van der Waals surface area (Å²) in [7, 11) is 0. The van der Waals surface area contributed by atoms with Crippen LogP contribution in [0.5, 0.6) is 0 Å². The molecule has 174 valence electrons. The molecule has 7 rings (SSSR count). The van der Waals surface area contributed by atoms with Gasteiger partial charge in [0.1, 0.15) is 22.7 Å². The molecule has 1 aliphatic heterocycles. The first-order chi connectivity index (χ1) is 16.5. The smallest absolute Gasteiger partial charge is 0.255 e. The second kappa shape index (κ2) is 7.14. The van der Waals surface area contributed by atoms with Crippen LogP contribution in [-0.4, -0.2) is 42.6 Å². The molecule has 0 N–H and O–H groups in total. The highest BCUT2D eigenvalue weighted by molar-refractivity contribution is 5.95. The van der Waals surface area contributed by atoms with Crippen LogP contribution in [0.2, 0.25) is 0 Å². The van der Waals surface area contributed by atoms with E-state index in [1.807, 2.05) is 24.1 Å². The number of halogens is 1. The van der Waals surface area contributed by atoms with Crippen molar-refractivity contribution in [3.8, 4) is 11.4 Å². The molecule has 0 aromatic carbocycles. The summed E-state index contributed by atoms with van der Waals surface area (Å²) in [5.74, 6) is 1.28. The summed E-state index contributed by atoms with van der Waals surface area (Å²) >= 11 is 0. The molecule has 3 unspecified atom stereocenters. The highest BCUT2D eigenvalue weighted by Crippen LogP contribution is 2.43. The van der Waals surface area contributed by atoms with Gasteiger partial charge in [-0.25, -0.2) is 13.9 Å². The zero-order valence-corrected chi connectivity index (χ0v) is 19.5. The summed E-state index contributed by atoms with van der Waals surface area (Å²) in [6.07, 6.45) is 8.22. The summed E-state index contributed by atoms with van der Waals surface area (Å²) in [5.41, 5.74) is 4.23. The predicted octanol–water partition coefficient (Wildman–Crippen LogP) is 5.08. The van der Waals surface area contributed by atoms with E-state index in [0.29, 0.717) is 28.8 Å². The molecule has 5 heterocycles. The lowest BCUT2D eigenvalue weighted by atomic mass is 10.0. The molecule has 0 spiro atoms. The minimum atomic E-state index is -0.400. The van der Waals surface area contributed by atoms with Gasteiger partial charge in [0.2, 0.25) is 0 Å². The molecular formula is C27H28FN5O. The van der Waals surface area contributed by atoms with Crippen molar-refractivity contribution in [1.82, 2.24) is 24.1 Å². The monoisotopic (exact) mass is 457 g/mol. The van der Waals surface area contributed by atoms with Crippen LogP contribution in [0, 0.1) is 30.5 Å². The lowest BCUT2D eigenvalue weighted by molar-refractivity contribution is 0.0695. The number of pyridine rings is 2. The first kappa shape index (κ1) is 20.2. The second-order valence-electron chi connectivity index (χ2n) is 10.6. The standard InChI is InChI=1S/C27H28FN5O/c1-15-19-7-8-22(15)32(13-19)27(34)20-10-21(28)25-16(2)24(30-33(25)14-20)23-11-18-4-3-9-29-26(18)31(23)12-17-5-6-17/h3-4,9-11,14-15,17,19,22H,5-8,12-13H2,1-2H3. The van der Waals surface area contributed by atoms with E-state index in [4.69, 9.17) is 5.10 Å². The molecule has 4 aromatic rings. The number of hydrogen-bond acceptors (Lipinski definition) is 3. The third-order valence-corrected chi connectivity index (χ3v) is 8.48. The van der Waals surface area contributed by atoms with Gasteiger partial charge in [0.25, 0.3) is 5.91 Å². The highest BCUT2D eigenvalue weighted by Gasteiger charge is 2.46. The third-order valence-electron chi connectivity index (χ3n) is 8.48. The van der Waals surface area contributed by atoms with Gasteiger partial charge in [0, 0.05) is 42.5 Å². The first-order valence-electron chi connectivity index (χ1n) is 12.4. The minimum Gasteiger partial charge on any atom is -0.335 e. The van der Waals surface area contributed by atoms with Gasteiger partial charge in [-0.1, -0.05) is 6.92 Å². The third kappa shape index (κ3) is 2.88. The average molecular weight is 458 g/mol. The van der Waals surface area contributed by atoms with Crippen molar-refractivity contribution < 1.29 is 9.18 Å². The summed E-state index contributed by atoms with van der Waals surface area (Å²) in [4.78, 5) is 19.9. The summed E-state index contributed by atoms with van der Waals surface area (Å²) in [5, 5.41) is 5.88. The Morgan fingerprint density at radius 3 is 2.79 bits per heavy atom. The maximum absolute atomic E-state index is 15.4. The van der Waals surface area contributed by atoms with Crippen molar-refractivity contribution in [3.05, 3.63) is 53.6 Å². The number of carbonyl (C=O) groups excluding carboxylic acids is 1. The molecule has 2 bridgehead atoms. The van der Waals surface area contributed by atoms with Crippen LogP contribution >= 0.6 is 0 Å². The van der Waals surface area contributed by atoms with Crippen LogP contribution < -0.4 is 0 Å². The molecule has 1 saturated heterocycles. The molecule has 2 saturated carbocycles. The Bertz CT molecular complexity index is 1460. The van der Waals surface area contributed by atoms with Crippen LogP contribution in [0.4, 0.5) is 4.39 Å². The molecule has 0 radical (unpaired) electrons. The fourth-order valence-corrected chi connectivity index (χ4v) is 6.37. The zero-order chi connectivity index (χ0) is 23.1. The number of aromatic nitrogens is 4. The lowest BCUT2D eigenvalue weighted by Gasteiger charge is -2.27. The molecule has 7 heteroatoms. The van der Waals surface area contributed by atoms with Crippen LogP contribution in [0.3, 0.4) is 0 Å². The lowest BCUT2D eigenvalue weighted by Crippen LogP contribution is -2.38. The number of likely N-dealkylation sites (tertiary alicyclic amines) is 1. The fourth-order valence-electron chi connectivity index (χ4n) is 6.37. The zero-order valence-electron chi connectivity index (χ0n) is 19.5. The van der Waals surface area contributed by atoms with Gasteiger partial charge in [-0.15, -0.1) is 0 Å². The second-order valence-corrected chi connectivity index (χ2v) is 10.6. The van der Waals surface area contributed by atoms with Crippen molar-refractivity contribution in [2.24, 2.45) is 17.8 Å². The Morgan fingerprint density at radius 2 is 2.06 bits per heavy atom. The Labute approximate surface area is 197 Å². The first-order valence-corrected chi connectivity index (χ1v) is 12.4. The van der Waals surface area contributed by atoms with E-state index < -0.39 is 5.82 Å². The van der Waals surface area contributed by atoms with Crippen LogP contribution in [0.15, 0.2) is 36.7 Å². The van der Waals surface area contributed by atoms with Gasteiger partial charge >= 0.3 is 0 Å². The molecule has 1 amide bonds. The maximum Gasteiger partial charge on any atom is 0.255 e. The van der Waals surface area contributed by atoms with E-state index >= 15 is 4.39 Å². The quantitative estimate of drug-likeness (QED) is 0.430. The minimum absolute atomic E-state index is 0.0819. The van der Waals surface area contributed by atoms with Crippen molar-refractivity contribution in [2.45, 2.75) is 52.1 Å². The maximum atomic E-state index is 15.4. The summed E-state index contributed by atoms with van der Waals surface area (Å²) in [6, 6.07) is 7.77. The van der Waals surface area contributed by atoms with E-state index in [9.17, 15) is 4.79 Å². The fraction of sp³-hybridized carbons (Fsp3) is 0.444. The van der Waals surface area contributed by atoms with Gasteiger partial charge in [-0.3, -0.25) is 4.79 Å². The van der Waals surface area contributed by atoms with Crippen LogP contribution in [0.1, 0.15) is 48.5 Å². The topological polar surface area (TPSA) is 55.4 Å². The van der Waals surface area contributed by atoms with Gasteiger partial charge in [-0.2, -0.15) is 5.10 Å².